The quantitative estimate of drug-likeness (QED) is 0.515. The Kier molecular flexibility index (Phi) is 5.42. The Labute approximate surface area is 54.6 Å². The summed E-state index contributed by atoms with van der Waals surface area (Å²) in [6, 6.07) is 0. The maximum atomic E-state index is 2.75. The van der Waals surface area contributed by atoms with Gasteiger partial charge in [0.1, 0.15) is 0 Å². The highest BCUT2D eigenvalue weighted by atomic mass is 31.0. The fourth-order valence-electron chi connectivity index (χ4n) is 0.525. The van der Waals surface area contributed by atoms with E-state index in [0.717, 1.165) is 0 Å². The molecule has 0 N–H and O–H groups in total. The highest BCUT2D eigenvalue weighted by Crippen LogP contribution is 2.12. The number of hydrogen-bond donors (Lipinski definition) is 0. The van der Waals surface area contributed by atoms with E-state index in [-0.39, 0.29) is 0 Å². The summed E-state index contributed by atoms with van der Waals surface area (Å²) in [6.07, 6.45) is 6.02. The maximum Gasteiger partial charge on any atom is -0.0283 e. The molecule has 0 aromatic carbocycles. The van der Waals surface area contributed by atoms with Crippen LogP contribution in [-0.4, -0.2) is 0 Å². The molecule has 0 heterocycles. The zero-order chi connectivity index (χ0) is 6.41. The molecule has 0 nitrogen and oxygen atoms in total. The minimum atomic E-state index is 1.25. The van der Waals surface area contributed by atoms with Crippen molar-refractivity contribution in [3.05, 3.63) is 11.4 Å². The zero-order valence-corrected chi connectivity index (χ0v) is 6.93. The lowest BCUT2D eigenvalue weighted by atomic mass is 10.2. The van der Waals surface area contributed by atoms with Gasteiger partial charge in [0.25, 0.3) is 0 Å². The molecule has 1 atom stereocenters. The van der Waals surface area contributed by atoms with E-state index in [1.54, 1.807) is 0 Å². The molecular formula is C7H15P. The van der Waals surface area contributed by atoms with Gasteiger partial charge >= 0.3 is 0 Å². The van der Waals surface area contributed by atoms with E-state index in [4.69, 9.17) is 0 Å². The minimum Gasteiger partial charge on any atom is -0.110 e. The molecule has 0 aromatic heterocycles. The van der Waals surface area contributed by atoms with E-state index >= 15 is 0 Å². The molecule has 0 radical (unpaired) electrons. The molecule has 0 bridgehead atoms. The summed E-state index contributed by atoms with van der Waals surface area (Å²) in [5, 5.41) is 1.44. The van der Waals surface area contributed by atoms with Crippen LogP contribution in [0.15, 0.2) is 11.4 Å². The van der Waals surface area contributed by atoms with E-state index in [2.05, 4.69) is 29.2 Å². The summed E-state index contributed by atoms with van der Waals surface area (Å²) in [6.45, 7) is 4.30. The van der Waals surface area contributed by atoms with E-state index in [1.807, 2.05) is 0 Å². The maximum absolute atomic E-state index is 2.75. The molecule has 1 heteroatoms. The molecule has 8 heavy (non-hydrogen) atoms. The van der Waals surface area contributed by atoms with Crippen molar-refractivity contribution in [1.29, 1.82) is 0 Å². The number of unbranched alkanes of at least 4 members (excludes halogenated alkanes) is 1. The molecule has 0 aromatic rings. The van der Waals surface area contributed by atoms with Gasteiger partial charge in [0, 0.05) is 0 Å². The van der Waals surface area contributed by atoms with Crippen LogP contribution in [0.1, 0.15) is 33.1 Å². The van der Waals surface area contributed by atoms with Crippen LogP contribution in [-0.2, 0) is 0 Å². The van der Waals surface area contributed by atoms with E-state index in [9.17, 15) is 0 Å². The molecule has 0 aliphatic carbocycles. The first-order valence-electron chi connectivity index (χ1n) is 3.22. The first-order valence-corrected chi connectivity index (χ1v) is 3.79. The highest BCUT2D eigenvalue weighted by molar-refractivity contribution is 7.22. The van der Waals surface area contributed by atoms with Gasteiger partial charge in [-0.2, -0.15) is 0 Å². The third-order valence-electron chi connectivity index (χ3n) is 1.19. The Bertz CT molecular complexity index is 74.5. The topological polar surface area (TPSA) is 0 Å². The molecule has 0 amide bonds. The number of allylic oxidation sites excluding steroid dienone is 2. The van der Waals surface area contributed by atoms with Crippen LogP contribution in [0.2, 0.25) is 0 Å². The molecule has 0 saturated heterocycles. The summed E-state index contributed by atoms with van der Waals surface area (Å²) in [5.41, 5.74) is 0. The first kappa shape index (κ1) is 8.17. The average Bonchev–Trinajstić information content (AvgIpc) is 1.83. The van der Waals surface area contributed by atoms with Crippen molar-refractivity contribution in [2.45, 2.75) is 33.1 Å². The van der Waals surface area contributed by atoms with E-state index < -0.39 is 0 Å². The second-order valence-electron chi connectivity index (χ2n) is 1.97. The largest absolute Gasteiger partial charge is 0.110 e. The molecule has 0 aliphatic heterocycles. The van der Waals surface area contributed by atoms with Crippen LogP contribution in [0.4, 0.5) is 0 Å². The molecule has 48 valence electrons. The van der Waals surface area contributed by atoms with Crippen LogP contribution in [0.5, 0.6) is 0 Å². The Morgan fingerprint density at radius 3 is 2.62 bits per heavy atom. The molecule has 1 unspecified atom stereocenters. The van der Waals surface area contributed by atoms with Gasteiger partial charge in [-0.15, -0.1) is 9.24 Å². The van der Waals surface area contributed by atoms with Gasteiger partial charge in [0.15, 0.2) is 0 Å². The second kappa shape index (κ2) is 5.31. The Balaban J connectivity index is 3.12. The minimum absolute atomic E-state index is 1.25. The summed E-state index contributed by atoms with van der Waals surface area (Å²) < 4.78 is 0. The van der Waals surface area contributed by atoms with Crippen molar-refractivity contribution < 1.29 is 0 Å². The lowest BCUT2D eigenvalue weighted by Gasteiger charge is -1.94. The average molecular weight is 130 g/mol. The molecule has 0 saturated carbocycles. The molecule has 0 fully saturated rings. The molecule has 0 rings (SSSR count). The second-order valence-corrected chi connectivity index (χ2v) is 2.71. The highest BCUT2D eigenvalue weighted by Gasteiger charge is 1.84. The van der Waals surface area contributed by atoms with Crippen molar-refractivity contribution >= 4 is 9.24 Å². The molecule has 0 spiro atoms. The number of rotatable bonds is 3. The summed E-state index contributed by atoms with van der Waals surface area (Å²) in [4.78, 5) is 0. The summed E-state index contributed by atoms with van der Waals surface area (Å²) in [7, 11) is 2.75. The fourth-order valence-corrected chi connectivity index (χ4v) is 0.729. The van der Waals surface area contributed by atoms with Gasteiger partial charge < -0.3 is 0 Å². The van der Waals surface area contributed by atoms with E-state index in [0.29, 0.717) is 0 Å². The lowest BCUT2D eigenvalue weighted by molar-refractivity contribution is 0.808. The van der Waals surface area contributed by atoms with Crippen molar-refractivity contribution in [2.24, 2.45) is 0 Å². The van der Waals surface area contributed by atoms with Gasteiger partial charge in [0.05, 0.1) is 0 Å². The van der Waals surface area contributed by atoms with Crippen molar-refractivity contribution in [1.82, 2.24) is 0 Å². The fraction of sp³-hybridized carbons (Fsp3) is 0.714. The van der Waals surface area contributed by atoms with Gasteiger partial charge in [0.2, 0.25) is 0 Å². The monoisotopic (exact) mass is 130 g/mol. The standard InChI is InChI=1S/C7H15P/c1-3-5-6-7(8)4-2/h4H,3,5-6,8H2,1-2H3. The zero-order valence-electron chi connectivity index (χ0n) is 5.78. The third-order valence-corrected chi connectivity index (χ3v) is 1.81. The predicted octanol–water partition coefficient (Wildman–Crippen LogP) is 2.96. The van der Waals surface area contributed by atoms with Crippen molar-refractivity contribution in [2.75, 3.05) is 0 Å². The van der Waals surface area contributed by atoms with Crippen molar-refractivity contribution in [3.63, 3.8) is 0 Å². The smallest absolute Gasteiger partial charge is 0.0283 e. The van der Waals surface area contributed by atoms with Crippen molar-refractivity contribution in [3.8, 4) is 0 Å². The van der Waals surface area contributed by atoms with Crippen LogP contribution < -0.4 is 0 Å². The van der Waals surface area contributed by atoms with Crippen LogP contribution in [0.25, 0.3) is 0 Å². The third kappa shape index (κ3) is 4.33. The summed E-state index contributed by atoms with van der Waals surface area (Å²) >= 11 is 0. The Morgan fingerprint density at radius 2 is 2.25 bits per heavy atom. The van der Waals surface area contributed by atoms with Gasteiger partial charge in [-0.1, -0.05) is 24.7 Å². The summed E-state index contributed by atoms with van der Waals surface area (Å²) in [5.74, 6) is 0. The molecular weight excluding hydrogens is 115 g/mol. The Hall–Kier alpha value is 0.170. The van der Waals surface area contributed by atoms with Gasteiger partial charge in [-0.3, -0.25) is 0 Å². The lowest BCUT2D eigenvalue weighted by Crippen LogP contribution is -1.70. The van der Waals surface area contributed by atoms with Crippen LogP contribution in [0.3, 0.4) is 0 Å². The molecule has 0 aliphatic rings. The first-order chi connectivity index (χ1) is 3.81. The van der Waals surface area contributed by atoms with Crippen LogP contribution in [0, 0.1) is 0 Å². The predicted molar refractivity (Wildman–Crippen MR) is 43.0 cm³/mol. The SMILES string of the molecule is CC=C(P)CCCC. The van der Waals surface area contributed by atoms with E-state index in [1.165, 1.54) is 24.6 Å². The van der Waals surface area contributed by atoms with Gasteiger partial charge in [-0.25, -0.2) is 0 Å². The number of hydrogen-bond acceptors (Lipinski definition) is 0. The van der Waals surface area contributed by atoms with Gasteiger partial charge in [-0.05, 0) is 19.8 Å². The Morgan fingerprint density at radius 1 is 1.62 bits per heavy atom. The normalized spacial score (nSPS) is 12.1. The van der Waals surface area contributed by atoms with Crippen LogP contribution >= 0.6 is 9.24 Å².